The minimum atomic E-state index is -0.709. The van der Waals surface area contributed by atoms with Gasteiger partial charge in [-0.15, -0.1) is 0 Å². The van der Waals surface area contributed by atoms with Crippen LogP contribution in [-0.2, 0) is 14.3 Å². The minimum Gasteiger partial charge on any atom is -0.481 e. The van der Waals surface area contributed by atoms with Crippen molar-refractivity contribution >= 4 is 11.9 Å². The summed E-state index contributed by atoms with van der Waals surface area (Å²) in [5.41, 5.74) is 0. The molecule has 0 bridgehead atoms. The minimum absolute atomic E-state index is 0.0373. The number of unbranched alkanes of at least 4 members (excludes halogenated alkanes) is 13. The Kier molecular flexibility index (Phi) is 30.8. The van der Waals surface area contributed by atoms with Gasteiger partial charge in [-0.2, -0.15) is 0 Å². The number of hydrogen-bond acceptors (Lipinski definition) is 3. The van der Waals surface area contributed by atoms with Gasteiger partial charge in [0.1, 0.15) is 6.10 Å². The van der Waals surface area contributed by atoms with Crippen LogP contribution in [-0.4, -0.2) is 23.1 Å². The summed E-state index contributed by atoms with van der Waals surface area (Å²) in [4.78, 5) is 23.1. The molecule has 0 rings (SSSR count). The van der Waals surface area contributed by atoms with E-state index in [-0.39, 0.29) is 18.5 Å². The zero-order valence-corrected chi connectivity index (χ0v) is 26.8. The monoisotopic (exact) mass is 572 g/mol. The lowest BCUT2D eigenvalue weighted by Gasteiger charge is -2.18. The molecule has 1 unspecified atom stereocenters. The molecule has 0 fully saturated rings. The van der Waals surface area contributed by atoms with E-state index in [4.69, 9.17) is 9.84 Å². The Morgan fingerprint density at radius 2 is 0.951 bits per heavy atom. The van der Waals surface area contributed by atoms with Crippen LogP contribution in [0.5, 0.6) is 0 Å². The van der Waals surface area contributed by atoms with Gasteiger partial charge in [0.25, 0.3) is 0 Å². The van der Waals surface area contributed by atoms with E-state index in [1.54, 1.807) is 0 Å². The molecular weight excluding hydrogens is 508 g/mol. The maximum atomic E-state index is 12.5. The molecule has 0 saturated heterocycles. The first-order valence-electron chi connectivity index (χ1n) is 17.1. The third-order valence-electron chi connectivity index (χ3n) is 7.30. The fraction of sp³-hybridized carbons (Fsp3) is 0.730. The normalized spacial score (nSPS) is 12.8. The fourth-order valence-electron chi connectivity index (χ4n) is 4.75. The third kappa shape index (κ3) is 32.3. The van der Waals surface area contributed by atoms with Crippen molar-refractivity contribution in [1.82, 2.24) is 0 Å². The molecule has 0 aliphatic heterocycles. The molecule has 0 aromatic rings. The number of aliphatic carboxylic acids is 1. The zero-order chi connectivity index (χ0) is 30.1. The molecule has 0 aliphatic carbocycles. The highest BCUT2D eigenvalue weighted by atomic mass is 16.5. The molecule has 1 atom stereocenters. The second-order valence-corrected chi connectivity index (χ2v) is 11.3. The third-order valence-corrected chi connectivity index (χ3v) is 7.30. The highest BCUT2D eigenvalue weighted by Gasteiger charge is 2.14. The maximum absolute atomic E-state index is 12.5. The van der Waals surface area contributed by atoms with Gasteiger partial charge in [-0.3, -0.25) is 9.59 Å². The molecular formula is C37H64O4. The number of allylic oxidation sites excluding steroid dienone is 8. The van der Waals surface area contributed by atoms with Gasteiger partial charge in [-0.25, -0.2) is 0 Å². The first kappa shape index (κ1) is 38.9. The van der Waals surface area contributed by atoms with Gasteiger partial charge >= 0.3 is 11.9 Å². The van der Waals surface area contributed by atoms with Gasteiger partial charge in [-0.1, -0.05) is 120 Å². The predicted molar refractivity (Wildman–Crippen MR) is 176 cm³/mol. The lowest BCUT2D eigenvalue weighted by molar-refractivity contribution is -0.150. The quantitative estimate of drug-likeness (QED) is 0.0528. The average molecular weight is 573 g/mol. The number of ether oxygens (including phenoxy) is 1. The van der Waals surface area contributed by atoms with Crippen molar-refractivity contribution in [2.24, 2.45) is 0 Å². The van der Waals surface area contributed by atoms with Crippen LogP contribution in [0.2, 0.25) is 0 Å². The highest BCUT2D eigenvalue weighted by Crippen LogP contribution is 2.17. The molecule has 0 radical (unpaired) electrons. The van der Waals surface area contributed by atoms with E-state index >= 15 is 0 Å². The van der Waals surface area contributed by atoms with Crippen molar-refractivity contribution in [3.05, 3.63) is 48.6 Å². The summed E-state index contributed by atoms with van der Waals surface area (Å²) in [6, 6.07) is 0. The molecule has 41 heavy (non-hydrogen) atoms. The fourth-order valence-corrected chi connectivity index (χ4v) is 4.75. The summed E-state index contributed by atoms with van der Waals surface area (Å²) in [5, 5.41) is 8.74. The van der Waals surface area contributed by atoms with Crippen LogP contribution >= 0.6 is 0 Å². The van der Waals surface area contributed by atoms with Gasteiger partial charge < -0.3 is 9.84 Å². The number of rotatable bonds is 30. The maximum Gasteiger partial charge on any atom is 0.306 e. The lowest BCUT2D eigenvalue weighted by Crippen LogP contribution is -2.18. The Hall–Kier alpha value is -2.10. The van der Waals surface area contributed by atoms with Gasteiger partial charge in [0, 0.05) is 12.8 Å². The number of carboxylic acid groups (broad SMARTS) is 1. The van der Waals surface area contributed by atoms with Crippen molar-refractivity contribution in [2.45, 2.75) is 174 Å². The molecule has 0 saturated carbocycles. The standard InChI is InChI=1S/C37H64O4/c1-3-5-7-9-10-11-12-13-14-15-16-17-18-19-20-21-22-26-30-34-37(40)41-35(31-27-8-6-4-2)32-28-24-23-25-29-33-36(38)39/h10-11,13-14,16-17,19-20,35H,3-9,12,15,18,21-34H2,1-2H3,(H,38,39)/b11-10-,14-13-,17-16-,20-19-. The molecule has 0 heterocycles. The first-order valence-corrected chi connectivity index (χ1v) is 17.1. The predicted octanol–water partition coefficient (Wildman–Crippen LogP) is 11.6. The molecule has 0 aromatic carbocycles. The van der Waals surface area contributed by atoms with Crippen LogP contribution in [0.25, 0.3) is 0 Å². The molecule has 0 amide bonds. The van der Waals surface area contributed by atoms with E-state index < -0.39 is 5.97 Å². The Balaban J connectivity index is 3.90. The number of carbonyl (C=O) groups is 2. The van der Waals surface area contributed by atoms with Crippen LogP contribution < -0.4 is 0 Å². The average Bonchev–Trinajstić information content (AvgIpc) is 2.95. The number of carboxylic acids is 1. The molecule has 1 N–H and O–H groups in total. The summed E-state index contributed by atoms with van der Waals surface area (Å²) in [5.74, 6) is -0.746. The number of hydrogen-bond donors (Lipinski definition) is 1. The molecule has 4 heteroatoms. The van der Waals surface area contributed by atoms with Gasteiger partial charge in [0.2, 0.25) is 0 Å². The second kappa shape index (κ2) is 32.4. The number of carbonyl (C=O) groups excluding carboxylic acids is 1. The van der Waals surface area contributed by atoms with Gasteiger partial charge in [0.05, 0.1) is 0 Å². The van der Waals surface area contributed by atoms with Crippen LogP contribution in [0.1, 0.15) is 168 Å². The van der Waals surface area contributed by atoms with Crippen LogP contribution in [0.15, 0.2) is 48.6 Å². The highest BCUT2D eigenvalue weighted by molar-refractivity contribution is 5.69. The Morgan fingerprint density at radius 3 is 1.51 bits per heavy atom. The van der Waals surface area contributed by atoms with E-state index in [1.165, 1.54) is 44.9 Å². The summed E-state index contributed by atoms with van der Waals surface area (Å²) < 4.78 is 5.88. The summed E-state index contributed by atoms with van der Waals surface area (Å²) >= 11 is 0. The molecule has 0 spiro atoms. The topological polar surface area (TPSA) is 63.6 Å². The second-order valence-electron chi connectivity index (χ2n) is 11.3. The van der Waals surface area contributed by atoms with Crippen LogP contribution in [0.4, 0.5) is 0 Å². The summed E-state index contributed by atoms with van der Waals surface area (Å²) in [7, 11) is 0. The van der Waals surface area contributed by atoms with Gasteiger partial charge in [0.15, 0.2) is 0 Å². The van der Waals surface area contributed by atoms with Crippen LogP contribution in [0.3, 0.4) is 0 Å². The number of esters is 1. The molecule has 4 nitrogen and oxygen atoms in total. The van der Waals surface area contributed by atoms with Crippen molar-refractivity contribution in [2.75, 3.05) is 0 Å². The SMILES string of the molecule is CCCCC/C=C\C/C=C\C/C=C\C/C=C\CCCCCC(=O)OC(CCCCCC)CCCCCCCC(=O)O. The van der Waals surface area contributed by atoms with E-state index in [1.807, 2.05) is 0 Å². The largest absolute Gasteiger partial charge is 0.481 e. The first-order chi connectivity index (χ1) is 20.1. The van der Waals surface area contributed by atoms with E-state index in [0.717, 1.165) is 96.3 Å². The molecule has 236 valence electrons. The van der Waals surface area contributed by atoms with Crippen molar-refractivity contribution in [1.29, 1.82) is 0 Å². The lowest BCUT2D eigenvalue weighted by atomic mass is 10.0. The van der Waals surface area contributed by atoms with Crippen LogP contribution in [0, 0.1) is 0 Å². The summed E-state index contributed by atoms with van der Waals surface area (Å²) in [6.45, 7) is 4.46. The van der Waals surface area contributed by atoms with Gasteiger partial charge in [-0.05, 0) is 83.5 Å². The van der Waals surface area contributed by atoms with Crippen molar-refractivity contribution in [3.63, 3.8) is 0 Å². The zero-order valence-electron chi connectivity index (χ0n) is 26.8. The van der Waals surface area contributed by atoms with E-state index in [2.05, 4.69) is 62.5 Å². The Morgan fingerprint density at radius 1 is 0.537 bits per heavy atom. The van der Waals surface area contributed by atoms with Crippen molar-refractivity contribution < 1.29 is 19.4 Å². The Labute approximate surface area is 253 Å². The Bertz CT molecular complexity index is 704. The molecule has 0 aliphatic rings. The summed E-state index contributed by atoms with van der Waals surface area (Å²) in [6.07, 6.45) is 42.8. The smallest absolute Gasteiger partial charge is 0.306 e. The van der Waals surface area contributed by atoms with E-state index in [9.17, 15) is 9.59 Å². The molecule has 0 aromatic heterocycles. The van der Waals surface area contributed by atoms with Crippen molar-refractivity contribution in [3.8, 4) is 0 Å². The van der Waals surface area contributed by atoms with E-state index in [0.29, 0.717) is 6.42 Å².